The highest BCUT2D eigenvalue weighted by Gasteiger charge is 2.83. The van der Waals surface area contributed by atoms with Gasteiger partial charge >= 0.3 is 11.9 Å². The number of esters is 2. The second-order valence-corrected chi connectivity index (χ2v) is 9.12. The summed E-state index contributed by atoms with van der Waals surface area (Å²) < 4.78 is 11.1. The van der Waals surface area contributed by atoms with Crippen LogP contribution in [-0.4, -0.2) is 46.6 Å². The summed E-state index contributed by atoms with van der Waals surface area (Å²) in [4.78, 5) is 25.8. The van der Waals surface area contributed by atoms with Crippen molar-refractivity contribution in [1.82, 2.24) is 0 Å². The van der Waals surface area contributed by atoms with Crippen LogP contribution in [0, 0.1) is 28.6 Å². The molecule has 0 aromatic carbocycles. The van der Waals surface area contributed by atoms with Crippen molar-refractivity contribution in [3.8, 4) is 0 Å². The van der Waals surface area contributed by atoms with Crippen molar-refractivity contribution < 1.29 is 29.3 Å². The van der Waals surface area contributed by atoms with Gasteiger partial charge in [0.25, 0.3) is 0 Å². The summed E-state index contributed by atoms with van der Waals surface area (Å²) >= 11 is 0. The van der Waals surface area contributed by atoms with Crippen molar-refractivity contribution in [3.63, 3.8) is 0 Å². The summed E-state index contributed by atoms with van der Waals surface area (Å²) in [7, 11) is 1.35. The van der Waals surface area contributed by atoms with E-state index in [1.807, 2.05) is 0 Å². The summed E-state index contributed by atoms with van der Waals surface area (Å²) in [6.45, 7) is 5.78. The molecule has 4 bridgehead atoms. The Bertz CT molecular complexity index is 787. The number of fused-ring (bicyclic) bond motifs is 1. The van der Waals surface area contributed by atoms with E-state index in [-0.39, 0.29) is 5.92 Å². The zero-order chi connectivity index (χ0) is 18.7. The third-order valence-electron chi connectivity index (χ3n) is 8.31. The molecule has 4 fully saturated rings. The van der Waals surface area contributed by atoms with E-state index in [9.17, 15) is 19.8 Å². The van der Waals surface area contributed by atoms with E-state index in [4.69, 9.17) is 9.47 Å². The van der Waals surface area contributed by atoms with E-state index >= 15 is 0 Å². The zero-order valence-electron chi connectivity index (χ0n) is 15.0. The van der Waals surface area contributed by atoms with Crippen LogP contribution in [-0.2, 0) is 19.1 Å². The van der Waals surface area contributed by atoms with Gasteiger partial charge in [0.1, 0.15) is 11.0 Å². The molecular weight excluding hydrogens is 336 g/mol. The van der Waals surface area contributed by atoms with Gasteiger partial charge in [0.05, 0.1) is 24.7 Å². The van der Waals surface area contributed by atoms with Crippen LogP contribution >= 0.6 is 0 Å². The van der Waals surface area contributed by atoms with Crippen LogP contribution in [0.3, 0.4) is 0 Å². The Labute approximate surface area is 151 Å². The number of hydrogen-bond acceptors (Lipinski definition) is 6. The summed E-state index contributed by atoms with van der Waals surface area (Å²) in [5, 5.41) is 21.7. The van der Waals surface area contributed by atoms with Crippen molar-refractivity contribution in [1.29, 1.82) is 0 Å². The van der Waals surface area contributed by atoms with Gasteiger partial charge < -0.3 is 19.7 Å². The molecule has 1 saturated heterocycles. The highest BCUT2D eigenvalue weighted by molar-refractivity contribution is 5.87. The van der Waals surface area contributed by atoms with Gasteiger partial charge in [-0.15, -0.1) is 0 Å². The van der Waals surface area contributed by atoms with Gasteiger partial charge in [-0.2, -0.15) is 0 Å². The third kappa shape index (κ3) is 1.43. The molecule has 0 radical (unpaired) electrons. The molecule has 4 aliphatic carbocycles. The quantitative estimate of drug-likeness (QED) is 0.538. The number of hydrogen-bond donors (Lipinski definition) is 2. The van der Waals surface area contributed by atoms with Gasteiger partial charge in [-0.3, -0.25) is 9.59 Å². The van der Waals surface area contributed by atoms with Crippen LogP contribution in [0.1, 0.15) is 32.6 Å². The topological polar surface area (TPSA) is 93.1 Å². The van der Waals surface area contributed by atoms with Gasteiger partial charge in [-0.1, -0.05) is 12.7 Å². The molecule has 8 atom stereocenters. The number of rotatable bonds is 1. The molecular formula is C20H24O6. The average molecular weight is 360 g/mol. The Morgan fingerprint density at radius 3 is 2.88 bits per heavy atom. The standard InChI is InChI=1S/C20H24O6/c1-10-8-18-9-19(10,24)6-4-11(18)20-7-5-12(21)17(2,16(23)26-20)14(20)13(18)15(22)25-3/h5,7,11-14,21,24H,1,4,6,8-9H2,2-3H3/t11?,12?,13-,14?,17-,18+,19+,20-/m1/s1. The number of aliphatic hydroxyl groups is 2. The molecule has 1 aliphatic heterocycles. The van der Waals surface area contributed by atoms with E-state index in [0.29, 0.717) is 25.7 Å². The van der Waals surface area contributed by atoms with Crippen LogP contribution in [0.5, 0.6) is 0 Å². The average Bonchev–Trinajstić information content (AvgIpc) is 3.02. The second kappa shape index (κ2) is 4.42. The maximum absolute atomic E-state index is 13.0. The molecule has 0 aromatic heterocycles. The Balaban J connectivity index is 1.78. The lowest BCUT2D eigenvalue weighted by Crippen LogP contribution is -2.50. The molecule has 1 spiro atoms. The highest BCUT2D eigenvalue weighted by atomic mass is 16.6. The number of ether oxygens (including phenoxy) is 2. The Morgan fingerprint density at radius 2 is 2.19 bits per heavy atom. The Kier molecular flexibility index (Phi) is 2.81. The lowest BCUT2D eigenvalue weighted by molar-refractivity contribution is -0.164. The minimum Gasteiger partial charge on any atom is -0.469 e. The maximum atomic E-state index is 13.0. The summed E-state index contributed by atoms with van der Waals surface area (Å²) in [5.74, 6) is -2.08. The molecule has 3 unspecified atom stereocenters. The molecule has 3 saturated carbocycles. The van der Waals surface area contributed by atoms with Crippen LogP contribution < -0.4 is 0 Å². The third-order valence-corrected chi connectivity index (χ3v) is 8.31. The lowest BCUT2D eigenvalue weighted by Gasteiger charge is -2.44. The predicted octanol–water partition coefficient (Wildman–Crippen LogP) is 1.12. The van der Waals surface area contributed by atoms with E-state index in [2.05, 4.69) is 6.58 Å². The fourth-order valence-corrected chi connectivity index (χ4v) is 7.24. The molecule has 0 amide bonds. The Hall–Kier alpha value is -1.66. The minimum absolute atomic E-state index is 0.0989. The summed E-state index contributed by atoms with van der Waals surface area (Å²) in [6.07, 6.45) is 4.56. The van der Waals surface area contributed by atoms with Crippen LogP contribution in [0.25, 0.3) is 0 Å². The van der Waals surface area contributed by atoms with Crippen LogP contribution in [0.15, 0.2) is 24.3 Å². The number of aliphatic hydroxyl groups excluding tert-OH is 1. The van der Waals surface area contributed by atoms with Gasteiger partial charge in [0, 0.05) is 11.8 Å². The first-order valence-electron chi connectivity index (χ1n) is 9.25. The van der Waals surface area contributed by atoms with Crippen LogP contribution in [0.2, 0.25) is 0 Å². The molecule has 5 aliphatic rings. The van der Waals surface area contributed by atoms with Gasteiger partial charge in [0.15, 0.2) is 0 Å². The molecule has 6 heteroatoms. The molecule has 0 aromatic rings. The van der Waals surface area contributed by atoms with Gasteiger partial charge in [0.2, 0.25) is 0 Å². The fourth-order valence-electron chi connectivity index (χ4n) is 7.24. The van der Waals surface area contributed by atoms with E-state index in [1.165, 1.54) is 7.11 Å². The number of carbonyl (C=O) groups is 2. The molecule has 140 valence electrons. The van der Waals surface area contributed by atoms with Gasteiger partial charge in [-0.25, -0.2) is 0 Å². The SMILES string of the molecule is C=C1C[C@]23C[C@@]1(O)CCC2[C@@]12C=CC(O)[C@@](C)(C(=O)O1)C2[C@@H]3C(=O)OC. The van der Waals surface area contributed by atoms with Crippen molar-refractivity contribution in [2.75, 3.05) is 7.11 Å². The van der Waals surface area contributed by atoms with E-state index < -0.39 is 51.9 Å². The number of carbonyl (C=O) groups excluding carboxylic acids is 2. The molecule has 2 N–H and O–H groups in total. The zero-order valence-corrected chi connectivity index (χ0v) is 15.0. The lowest BCUT2D eigenvalue weighted by atomic mass is 9.61. The Morgan fingerprint density at radius 1 is 1.46 bits per heavy atom. The first-order valence-corrected chi connectivity index (χ1v) is 9.25. The summed E-state index contributed by atoms with van der Waals surface area (Å²) in [6, 6.07) is 0. The smallest absolute Gasteiger partial charge is 0.316 e. The van der Waals surface area contributed by atoms with Crippen LogP contribution in [0.4, 0.5) is 0 Å². The van der Waals surface area contributed by atoms with Crippen molar-refractivity contribution in [2.45, 2.75) is 49.9 Å². The number of methoxy groups -OCH3 is 1. The minimum atomic E-state index is -1.19. The van der Waals surface area contributed by atoms with Crippen molar-refractivity contribution in [2.24, 2.45) is 28.6 Å². The van der Waals surface area contributed by atoms with E-state index in [1.54, 1.807) is 19.1 Å². The van der Waals surface area contributed by atoms with E-state index in [0.717, 1.165) is 5.57 Å². The molecule has 26 heavy (non-hydrogen) atoms. The first kappa shape index (κ1) is 16.5. The second-order valence-electron chi connectivity index (χ2n) is 9.12. The normalized spacial score (nSPS) is 56.2. The summed E-state index contributed by atoms with van der Waals surface area (Å²) in [5.41, 5.74) is -2.89. The maximum Gasteiger partial charge on any atom is 0.316 e. The molecule has 1 heterocycles. The highest BCUT2D eigenvalue weighted by Crippen LogP contribution is 2.77. The monoisotopic (exact) mass is 360 g/mol. The fraction of sp³-hybridized carbons (Fsp3) is 0.700. The van der Waals surface area contributed by atoms with Crippen molar-refractivity contribution >= 4 is 11.9 Å². The molecule has 6 nitrogen and oxygen atoms in total. The first-order chi connectivity index (χ1) is 12.2. The van der Waals surface area contributed by atoms with Gasteiger partial charge in [-0.05, 0) is 49.7 Å². The van der Waals surface area contributed by atoms with Crippen molar-refractivity contribution in [3.05, 3.63) is 24.3 Å². The predicted molar refractivity (Wildman–Crippen MR) is 89.6 cm³/mol. The molecule has 5 rings (SSSR count). The largest absolute Gasteiger partial charge is 0.469 e.